The van der Waals surface area contributed by atoms with Crippen LogP contribution < -0.4 is 10.6 Å². The average molecular weight is 642 g/mol. The molecule has 2 amide bonds. The Hall–Kier alpha value is -2.45. The first kappa shape index (κ1) is 31.8. The molecule has 7 nitrogen and oxygen atoms in total. The minimum Gasteiger partial charge on any atom is -0.392 e. The van der Waals surface area contributed by atoms with Crippen molar-refractivity contribution in [2.24, 2.45) is 28.6 Å². The highest BCUT2D eigenvalue weighted by Gasteiger charge is 2.52. The molecule has 5 aliphatic carbocycles. The van der Waals surface area contributed by atoms with Gasteiger partial charge in [-0.1, -0.05) is 69.3 Å². The first-order chi connectivity index (χ1) is 22.5. The standard InChI is InChI=1S/C40H55N3O4/c1-38(2)19-33-20-39(3,24-38)25-43(33)22-34-15-35(31-8-6-27(23-44)7-9-31)47-36(46-34)32-10-4-26(5-11-32)21-41-37(45)42-40-16-28-12-29(17-40)14-30(13-28)18-40/h4-11,28-30,33-36,44H,12-25H2,1-3H3,(H2,41,42,45). The van der Waals surface area contributed by atoms with E-state index in [1.807, 2.05) is 12.1 Å². The Bertz CT molecular complexity index is 1410. The fraction of sp³-hybridized carbons (Fsp3) is 0.675. The number of likely N-dealkylation sites (tertiary alicyclic amines) is 1. The minimum absolute atomic E-state index is 0.0194. The summed E-state index contributed by atoms with van der Waals surface area (Å²) in [7, 11) is 0. The highest BCUT2D eigenvalue weighted by atomic mass is 16.7. The molecule has 5 atom stereocenters. The smallest absolute Gasteiger partial charge is 0.315 e. The number of aliphatic hydroxyl groups is 1. The van der Waals surface area contributed by atoms with E-state index in [2.05, 4.69) is 72.7 Å². The summed E-state index contributed by atoms with van der Waals surface area (Å²) in [6.45, 7) is 9.94. The molecule has 5 unspecified atom stereocenters. The van der Waals surface area contributed by atoms with Crippen molar-refractivity contribution in [3.8, 4) is 0 Å². The number of benzene rings is 2. The van der Waals surface area contributed by atoms with Crippen LogP contribution in [-0.4, -0.2) is 46.8 Å². The first-order valence-corrected chi connectivity index (χ1v) is 18.4. The molecule has 7 fully saturated rings. The van der Waals surface area contributed by atoms with E-state index in [9.17, 15) is 9.90 Å². The predicted molar refractivity (Wildman–Crippen MR) is 182 cm³/mol. The van der Waals surface area contributed by atoms with Gasteiger partial charge in [0.1, 0.15) is 0 Å². The molecule has 0 aromatic heterocycles. The van der Waals surface area contributed by atoms with Crippen molar-refractivity contribution in [1.82, 2.24) is 15.5 Å². The number of hydrogen-bond acceptors (Lipinski definition) is 5. The summed E-state index contributed by atoms with van der Waals surface area (Å²) in [5.41, 5.74) is 4.89. The summed E-state index contributed by atoms with van der Waals surface area (Å²) in [6.07, 6.45) is 11.7. The van der Waals surface area contributed by atoms with Gasteiger partial charge in [0.2, 0.25) is 0 Å². The van der Waals surface area contributed by atoms with Gasteiger partial charge in [0.15, 0.2) is 6.29 Å². The van der Waals surface area contributed by atoms with Gasteiger partial charge in [-0.2, -0.15) is 0 Å². The third kappa shape index (κ3) is 6.75. The number of urea groups is 1. The highest BCUT2D eigenvalue weighted by Crippen LogP contribution is 2.56. The van der Waals surface area contributed by atoms with E-state index in [-0.39, 0.29) is 30.4 Å². The van der Waals surface area contributed by atoms with Gasteiger partial charge in [0.25, 0.3) is 0 Å². The lowest BCUT2D eigenvalue weighted by Crippen LogP contribution is -2.61. The number of ether oxygens (including phenoxy) is 2. The predicted octanol–water partition coefficient (Wildman–Crippen LogP) is 7.39. The van der Waals surface area contributed by atoms with E-state index in [1.54, 1.807) is 0 Å². The van der Waals surface area contributed by atoms with Crippen LogP contribution in [0.5, 0.6) is 0 Å². The normalized spacial score (nSPS) is 38.8. The van der Waals surface area contributed by atoms with Gasteiger partial charge in [-0.25, -0.2) is 4.79 Å². The molecule has 6 bridgehead atoms. The molecular weight excluding hydrogens is 586 g/mol. The molecule has 47 heavy (non-hydrogen) atoms. The Morgan fingerprint density at radius 2 is 1.47 bits per heavy atom. The van der Waals surface area contributed by atoms with Crippen LogP contribution in [0.4, 0.5) is 4.79 Å². The molecule has 5 saturated carbocycles. The van der Waals surface area contributed by atoms with Crippen molar-refractivity contribution >= 4 is 6.03 Å². The quantitative estimate of drug-likeness (QED) is 0.280. The fourth-order valence-electron chi connectivity index (χ4n) is 11.6. The summed E-state index contributed by atoms with van der Waals surface area (Å²) in [6, 6.07) is 17.1. The highest BCUT2D eigenvalue weighted by molar-refractivity contribution is 5.75. The lowest BCUT2D eigenvalue weighted by atomic mass is 9.53. The van der Waals surface area contributed by atoms with Crippen molar-refractivity contribution < 1.29 is 19.4 Å². The van der Waals surface area contributed by atoms with E-state index in [4.69, 9.17) is 9.47 Å². The summed E-state index contributed by atoms with van der Waals surface area (Å²) < 4.78 is 13.4. The Labute approximate surface area is 281 Å². The van der Waals surface area contributed by atoms with Crippen molar-refractivity contribution in [3.05, 3.63) is 70.8 Å². The SMILES string of the molecule is CC1(C)CC2CC(C)(CN2CC2CC(c3ccc(CO)cc3)OC(c3ccc(CNC(=O)NC45CC6CC(CC(C6)C4)C5)cc3)O2)C1. The van der Waals surface area contributed by atoms with E-state index < -0.39 is 6.29 Å². The third-order valence-electron chi connectivity index (χ3n) is 12.7. The molecule has 7 aliphatic rings. The molecule has 0 radical (unpaired) electrons. The lowest BCUT2D eigenvalue weighted by molar-refractivity contribution is -0.253. The number of nitrogens with one attached hydrogen (secondary N) is 2. The second-order valence-electron chi connectivity index (χ2n) is 17.7. The number of aliphatic hydroxyl groups excluding tert-OH is 1. The summed E-state index contributed by atoms with van der Waals surface area (Å²) in [5.74, 6) is 2.42. The molecule has 2 aromatic rings. The van der Waals surface area contributed by atoms with Crippen LogP contribution in [0.25, 0.3) is 0 Å². The van der Waals surface area contributed by atoms with E-state index in [0.29, 0.717) is 23.4 Å². The van der Waals surface area contributed by atoms with E-state index in [1.165, 1.54) is 38.5 Å². The molecule has 3 N–H and O–H groups in total. The maximum atomic E-state index is 13.0. The van der Waals surface area contributed by atoms with Gasteiger partial charge in [-0.05, 0) is 103 Å². The molecule has 0 spiro atoms. The van der Waals surface area contributed by atoms with Crippen LogP contribution in [0.3, 0.4) is 0 Å². The van der Waals surface area contributed by atoms with Crippen molar-refractivity contribution in [2.45, 2.75) is 128 Å². The van der Waals surface area contributed by atoms with Gasteiger partial charge in [0, 0.05) is 43.2 Å². The molecule has 2 heterocycles. The first-order valence-electron chi connectivity index (χ1n) is 18.4. The Morgan fingerprint density at radius 3 is 2.13 bits per heavy atom. The number of carbonyl (C=O) groups excluding carboxylic acids is 1. The maximum absolute atomic E-state index is 13.0. The van der Waals surface area contributed by atoms with Gasteiger partial charge < -0.3 is 25.2 Å². The van der Waals surface area contributed by atoms with E-state index in [0.717, 1.165) is 78.8 Å². The second-order valence-corrected chi connectivity index (χ2v) is 17.7. The zero-order chi connectivity index (χ0) is 32.4. The number of rotatable bonds is 8. The average Bonchev–Trinajstić information content (AvgIpc) is 3.26. The Morgan fingerprint density at radius 1 is 0.830 bits per heavy atom. The second kappa shape index (κ2) is 12.2. The summed E-state index contributed by atoms with van der Waals surface area (Å²) in [5, 5.41) is 16.2. The molecule has 7 heteroatoms. The molecule has 2 aromatic carbocycles. The van der Waals surface area contributed by atoms with Crippen LogP contribution >= 0.6 is 0 Å². The van der Waals surface area contributed by atoms with Crippen molar-refractivity contribution in [2.75, 3.05) is 13.1 Å². The molecule has 9 rings (SSSR count). The summed E-state index contributed by atoms with van der Waals surface area (Å²) in [4.78, 5) is 15.8. The lowest BCUT2D eigenvalue weighted by Gasteiger charge is -2.56. The fourth-order valence-corrected chi connectivity index (χ4v) is 11.6. The zero-order valence-corrected chi connectivity index (χ0v) is 28.7. The van der Waals surface area contributed by atoms with Gasteiger partial charge in [-0.15, -0.1) is 0 Å². The number of carbonyl (C=O) groups is 1. The van der Waals surface area contributed by atoms with Crippen LogP contribution in [0.2, 0.25) is 0 Å². The maximum Gasteiger partial charge on any atom is 0.315 e. The van der Waals surface area contributed by atoms with Gasteiger partial charge >= 0.3 is 6.03 Å². The number of nitrogens with zero attached hydrogens (tertiary/aromatic N) is 1. The molecular formula is C40H55N3O4. The van der Waals surface area contributed by atoms with Crippen molar-refractivity contribution in [3.63, 3.8) is 0 Å². The number of fused-ring (bicyclic) bond motifs is 2. The van der Waals surface area contributed by atoms with Gasteiger partial charge in [-0.3, -0.25) is 4.90 Å². The van der Waals surface area contributed by atoms with Crippen molar-refractivity contribution in [1.29, 1.82) is 0 Å². The number of amides is 2. The van der Waals surface area contributed by atoms with Gasteiger partial charge in [0.05, 0.1) is 18.8 Å². The molecule has 2 aliphatic heterocycles. The summed E-state index contributed by atoms with van der Waals surface area (Å²) >= 11 is 0. The largest absolute Gasteiger partial charge is 0.392 e. The minimum atomic E-state index is -0.466. The van der Waals surface area contributed by atoms with Crippen LogP contribution in [-0.2, 0) is 22.6 Å². The van der Waals surface area contributed by atoms with Crippen LogP contribution in [0, 0.1) is 28.6 Å². The van der Waals surface area contributed by atoms with E-state index >= 15 is 0 Å². The number of hydrogen-bond donors (Lipinski definition) is 3. The van der Waals surface area contributed by atoms with Crippen LogP contribution in [0.1, 0.15) is 120 Å². The molecule has 254 valence electrons. The third-order valence-corrected chi connectivity index (χ3v) is 12.7. The Balaban J connectivity index is 0.927. The zero-order valence-electron chi connectivity index (χ0n) is 28.7. The molecule has 2 saturated heterocycles. The van der Waals surface area contributed by atoms with Crippen LogP contribution in [0.15, 0.2) is 48.5 Å². The monoisotopic (exact) mass is 641 g/mol. The Kier molecular flexibility index (Phi) is 8.22. The topological polar surface area (TPSA) is 83.1 Å².